The molecule has 2 heterocycles. The van der Waals surface area contributed by atoms with Crippen LogP contribution in [0.3, 0.4) is 0 Å². The van der Waals surface area contributed by atoms with Gasteiger partial charge in [-0.3, -0.25) is 4.79 Å². The number of rotatable bonds is 2. The summed E-state index contributed by atoms with van der Waals surface area (Å²) < 4.78 is 0. The van der Waals surface area contributed by atoms with Crippen molar-refractivity contribution in [3.63, 3.8) is 0 Å². The minimum Gasteiger partial charge on any atom is -0.313 e. The molecule has 4 heteroatoms. The third-order valence-corrected chi connectivity index (χ3v) is 4.24. The Morgan fingerprint density at radius 3 is 2.78 bits per heavy atom. The van der Waals surface area contributed by atoms with Crippen molar-refractivity contribution in [3.8, 4) is 0 Å². The highest BCUT2D eigenvalue weighted by Crippen LogP contribution is 2.28. The van der Waals surface area contributed by atoms with Crippen LogP contribution in [-0.2, 0) is 6.42 Å². The Hall–Kier alpha value is -1.94. The van der Waals surface area contributed by atoms with Gasteiger partial charge in [0, 0.05) is 11.3 Å². The Morgan fingerprint density at radius 1 is 1.28 bits per heavy atom. The van der Waals surface area contributed by atoms with Gasteiger partial charge in [-0.2, -0.15) is 0 Å². The summed E-state index contributed by atoms with van der Waals surface area (Å²) in [5.41, 5.74) is 2.25. The molecule has 0 amide bonds. The molecule has 1 aromatic carbocycles. The number of hydrogen-bond donors (Lipinski definition) is 1. The molecule has 0 aliphatic carbocycles. The summed E-state index contributed by atoms with van der Waals surface area (Å²) in [6.07, 6.45) is 2.32. The molecule has 0 unspecified atom stereocenters. The fraction of sp³-hybridized carbons (Fsp3) is 0.143. The number of aryl methyl sites for hydroxylation is 1. The highest BCUT2D eigenvalue weighted by atomic mass is 32.1. The molecule has 0 bridgehead atoms. The normalized spacial score (nSPS) is 10.9. The second-order valence-electron chi connectivity index (χ2n) is 4.22. The van der Waals surface area contributed by atoms with E-state index in [4.69, 9.17) is 0 Å². The van der Waals surface area contributed by atoms with Crippen LogP contribution in [0.25, 0.3) is 10.2 Å². The first kappa shape index (κ1) is 11.2. The summed E-state index contributed by atoms with van der Waals surface area (Å²) in [4.78, 5) is 20.7. The lowest BCUT2D eigenvalue weighted by atomic mass is 10.1. The first-order valence-corrected chi connectivity index (χ1v) is 6.57. The predicted octanol–water partition coefficient (Wildman–Crippen LogP) is 2.88. The fourth-order valence-corrected chi connectivity index (χ4v) is 3.25. The van der Waals surface area contributed by atoms with Gasteiger partial charge in [0.2, 0.25) is 0 Å². The topological polar surface area (TPSA) is 45.8 Å². The summed E-state index contributed by atoms with van der Waals surface area (Å²) in [5.74, 6) is 0. The summed E-state index contributed by atoms with van der Waals surface area (Å²) in [5, 5.41) is 0.730. The van der Waals surface area contributed by atoms with E-state index >= 15 is 0 Å². The molecular weight excluding hydrogens is 244 g/mol. The predicted molar refractivity (Wildman–Crippen MR) is 74.2 cm³/mol. The molecule has 0 aliphatic heterocycles. The molecule has 1 N–H and O–H groups in total. The lowest BCUT2D eigenvalue weighted by Crippen LogP contribution is -2.05. The molecule has 0 spiro atoms. The second-order valence-corrected chi connectivity index (χ2v) is 5.31. The molecule has 3 rings (SSSR count). The van der Waals surface area contributed by atoms with E-state index in [1.807, 2.05) is 25.1 Å². The number of aromatic nitrogens is 2. The maximum absolute atomic E-state index is 11.8. The number of H-pyrrole nitrogens is 1. The molecule has 0 fully saturated rings. The monoisotopic (exact) mass is 256 g/mol. The van der Waals surface area contributed by atoms with E-state index in [0.29, 0.717) is 0 Å². The molecule has 0 atom stereocenters. The second kappa shape index (κ2) is 4.38. The quantitative estimate of drug-likeness (QED) is 0.766. The van der Waals surface area contributed by atoms with Gasteiger partial charge < -0.3 is 4.98 Å². The number of hydrogen-bond acceptors (Lipinski definition) is 3. The Bertz CT molecular complexity index is 743. The summed E-state index contributed by atoms with van der Waals surface area (Å²) in [6.45, 7) is 1.99. The number of benzene rings is 1. The molecule has 0 radical (unpaired) electrons. The van der Waals surface area contributed by atoms with Crippen molar-refractivity contribution in [2.45, 2.75) is 13.3 Å². The maximum atomic E-state index is 11.8. The Labute approximate surface area is 108 Å². The summed E-state index contributed by atoms with van der Waals surface area (Å²) in [6, 6.07) is 10.3. The van der Waals surface area contributed by atoms with Crippen molar-refractivity contribution in [1.82, 2.24) is 9.97 Å². The van der Waals surface area contributed by atoms with Gasteiger partial charge in [-0.1, -0.05) is 30.3 Å². The number of nitrogens with one attached hydrogen (secondary N) is 1. The molecule has 3 aromatic rings. The Balaban J connectivity index is 2.11. The summed E-state index contributed by atoms with van der Waals surface area (Å²) in [7, 11) is 0. The van der Waals surface area contributed by atoms with Crippen LogP contribution in [-0.4, -0.2) is 9.97 Å². The molecule has 18 heavy (non-hydrogen) atoms. The largest absolute Gasteiger partial charge is 0.313 e. The zero-order valence-electron chi connectivity index (χ0n) is 9.93. The molecule has 2 aromatic heterocycles. The van der Waals surface area contributed by atoms with Gasteiger partial charge in [-0.25, -0.2) is 4.98 Å². The minimum absolute atomic E-state index is 0.0481. The van der Waals surface area contributed by atoms with Crippen LogP contribution in [0.2, 0.25) is 0 Å². The van der Waals surface area contributed by atoms with E-state index in [2.05, 4.69) is 22.1 Å². The van der Waals surface area contributed by atoms with Crippen molar-refractivity contribution < 1.29 is 0 Å². The van der Waals surface area contributed by atoms with Gasteiger partial charge in [0.05, 0.1) is 11.7 Å². The standard InChI is InChI=1S/C14H12N2OS/c1-9-11(7-10-5-3-2-4-6-10)18-14-12(9)13(17)15-8-16-14/h2-6,8H,7H2,1H3,(H,15,16,17). The van der Waals surface area contributed by atoms with Crippen molar-refractivity contribution in [3.05, 3.63) is 63.0 Å². The number of fused-ring (bicyclic) bond motifs is 1. The zero-order chi connectivity index (χ0) is 12.5. The fourth-order valence-electron chi connectivity index (χ4n) is 2.07. The Morgan fingerprint density at radius 2 is 2.06 bits per heavy atom. The number of nitrogens with zero attached hydrogens (tertiary/aromatic N) is 1. The maximum Gasteiger partial charge on any atom is 0.259 e. The van der Waals surface area contributed by atoms with Gasteiger partial charge in [-0.05, 0) is 18.1 Å². The molecule has 0 saturated heterocycles. The van der Waals surface area contributed by atoms with E-state index in [1.165, 1.54) is 16.8 Å². The Kier molecular flexibility index (Phi) is 2.72. The lowest BCUT2D eigenvalue weighted by Gasteiger charge is -1.99. The van der Waals surface area contributed by atoms with Crippen molar-refractivity contribution in [1.29, 1.82) is 0 Å². The van der Waals surface area contributed by atoms with Crippen LogP contribution in [0.1, 0.15) is 16.0 Å². The highest BCUT2D eigenvalue weighted by molar-refractivity contribution is 7.18. The average Bonchev–Trinajstić information content (AvgIpc) is 2.69. The van der Waals surface area contributed by atoms with Gasteiger partial charge in [0.25, 0.3) is 5.56 Å². The first-order valence-electron chi connectivity index (χ1n) is 5.75. The molecule has 0 saturated carbocycles. The van der Waals surface area contributed by atoms with Gasteiger partial charge in [0.15, 0.2) is 0 Å². The number of thiophene rings is 1. The molecule has 0 aliphatic rings. The smallest absolute Gasteiger partial charge is 0.259 e. The van der Waals surface area contributed by atoms with Crippen molar-refractivity contribution in [2.75, 3.05) is 0 Å². The van der Waals surface area contributed by atoms with Crippen molar-refractivity contribution >= 4 is 21.6 Å². The molecule has 3 nitrogen and oxygen atoms in total. The van der Waals surface area contributed by atoms with E-state index in [1.54, 1.807) is 11.3 Å². The summed E-state index contributed by atoms with van der Waals surface area (Å²) >= 11 is 1.60. The average molecular weight is 256 g/mol. The van der Waals surface area contributed by atoms with E-state index in [0.717, 1.165) is 22.2 Å². The number of aromatic amines is 1. The van der Waals surface area contributed by atoms with Crippen LogP contribution in [0.5, 0.6) is 0 Å². The molecule has 90 valence electrons. The highest BCUT2D eigenvalue weighted by Gasteiger charge is 2.12. The van der Waals surface area contributed by atoms with Gasteiger partial charge >= 0.3 is 0 Å². The van der Waals surface area contributed by atoms with Crippen LogP contribution >= 0.6 is 11.3 Å². The lowest BCUT2D eigenvalue weighted by molar-refractivity contribution is 1.17. The molecular formula is C14H12N2OS. The van der Waals surface area contributed by atoms with Crippen LogP contribution in [0, 0.1) is 6.92 Å². The van der Waals surface area contributed by atoms with E-state index < -0.39 is 0 Å². The van der Waals surface area contributed by atoms with Gasteiger partial charge in [-0.15, -0.1) is 11.3 Å². The third kappa shape index (κ3) is 1.84. The minimum atomic E-state index is -0.0481. The van der Waals surface area contributed by atoms with E-state index in [9.17, 15) is 4.79 Å². The zero-order valence-corrected chi connectivity index (χ0v) is 10.8. The van der Waals surface area contributed by atoms with Crippen LogP contribution in [0.4, 0.5) is 0 Å². The third-order valence-electron chi connectivity index (χ3n) is 3.04. The van der Waals surface area contributed by atoms with E-state index in [-0.39, 0.29) is 5.56 Å². The first-order chi connectivity index (χ1) is 8.75. The SMILES string of the molecule is Cc1c(Cc2ccccc2)sc2nc[nH]c(=O)c12. The van der Waals surface area contributed by atoms with Crippen molar-refractivity contribution in [2.24, 2.45) is 0 Å². The van der Waals surface area contributed by atoms with Gasteiger partial charge in [0.1, 0.15) is 4.83 Å². The van der Waals surface area contributed by atoms with Crippen LogP contribution < -0.4 is 5.56 Å². The van der Waals surface area contributed by atoms with Crippen LogP contribution in [0.15, 0.2) is 41.5 Å².